The zero-order valence-electron chi connectivity index (χ0n) is 16.9. The van der Waals surface area contributed by atoms with Crippen molar-refractivity contribution in [2.75, 3.05) is 0 Å². The molecule has 8 nitrogen and oxygen atoms in total. The summed E-state index contributed by atoms with van der Waals surface area (Å²) in [5.41, 5.74) is 3.67. The second-order valence-electron chi connectivity index (χ2n) is 7.56. The van der Waals surface area contributed by atoms with Gasteiger partial charge >= 0.3 is 0 Å². The van der Waals surface area contributed by atoms with E-state index in [1.165, 1.54) is 6.33 Å². The van der Waals surface area contributed by atoms with Crippen LogP contribution < -0.4 is 4.74 Å². The second kappa shape index (κ2) is 8.07. The molecule has 0 amide bonds. The maximum absolute atomic E-state index is 10.4. The number of imidazole rings is 1. The highest BCUT2D eigenvalue weighted by Gasteiger charge is 2.42. The molecular weight excluding hydrogens is 396 g/mol. The third-order valence-electron chi connectivity index (χ3n) is 5.47. The molecule has 1 aliphatic heterocycles. The number of rotatable bonds is 5. The van der Waals surface area contributed by atoms with Gasteiger partial charge in [0.05, 0.1) is 12.4 Å². The number of aliphatic hydroxyl groups excluding tert-OH is 2. The molecule has 8 heteroatoms. The summed E-state index contributed by atoms with van der Waals surface area (Å²) in [7, 11) is 0. The van der Waals surface area contributed by atoms with Crippen LogP contribution >= 0.6 is 0 Å². The molecule has 2 aromatic carbocycles. The number of aliphatic hydroxyl groups is 2. The summed E-state index contributed by atoms with van der Waals surface area (Å²) in [4.78, 5) is 13.2. The van der Waals surface area contributed by atoms with Gasteiger partial charge in [-0.05, 0) is 24.6 Å². The van der Waals surface area contributed by atoms with E-state index in [4.69, 9.17) is 9.47 Å². The topological polar surface area (TPSA) is 103 Å². The first kappa shape index (κ1) is 19.6. The Morgan fingerprint density at radius 2 is 1.84 bits per heavy atom. The van der Waals surface area contributed by atoms with E-state index in [-0.39, 0.29) is 0 Å². The number of hydrogen-bond acceptors (Lipinski definition) is 7. The average Bonchev–Trinajstić information content (AvgIpc) is 3.35. The van der Waals surface area contributed by atoms with Crippen LogP contribution in [0.2, 0.25) is 0 Å². The molecule has 5 rings (SSSR count). The standard InChI is InChI=1S/C23H22N4O4/c1-14-20(28)21(29)23(31-14)27-13-26-19-18(24-12-25-22(19)27)16-8-5-9-17(10-16)30-11-15-6-3-2-4-7-15/h2-10,12-14,20-21,23,28-29H,11H2,1H3/t14-,20-,21-,23-/m1/s1. The molecule has 158 valence electrons. The Kier molecular flexibility index (Phi) is 5.11. The molecule has 0 bridgehead atoms. The van der Waals surface area contributed by atoms with Crippen molar-refractivity contribution in [3.05, 3.63) is 72.8 Å². The van der Waals surface area contributed by atoms with Crippen LogP contribution in [-0.2, 0) is 11.3 Å². The number of hydrogen-bond donors (Lipinski definition) is 2. The summed E-state index contributed by atoms with van der Waals surface area (Å²) in [6, 6.07) is 17.6. The van der Waals surface area contributed by atoms with E-state index in [1.807, 2.05) is 54.6 Å². The van der Waals surface area contributed by atoms with Gasteiger partial charge in [0, 0.05) is 5.56 Å². The van der Waals surface area contributed by atoms with Crippen LogP contribution in [0.5, 0.6) is 5.75 Å². The van der Waals surface area contributed by atoms with Crippen LogP contribution in [0, 0.1) is 0 Å². The summed E-state index contributed by atoms with van der Waals surface area (Å²) in [6.45, 7) is 2.18. The third kappa shape index (κ3) is 3.65. The fraction of sp³-hybridized carbons (Fsp3) is 0.261. The number of aromatic nitrogens is 4. The van der Waals surface area contributed by atoms with Gasteiger partial charge in [-0.2, -0.15) is 0 Å². The lowest BCUT2D eigenvalue weighted by atomic mass is 10.1. The van der Waals surface area contributed by atoms with E-state index in [1.54, 1.807) is 17.8 Å². The summed E-state index contributed by atoms with van der Waals surface area (Å²) in [6.07, 6.45) is -0.288. The van der Waals surface area contributed by atoms with Gasteiger partial charge in [0.1, 0.15) is 42.1 Å². The number of nitrogens with zero attached hydrogens (tertiary/aromatic N) is 4. The van der Waals surface area contributed by atoms with Crippen molar-refractivity contribution in [3.63, 3.8) is 0 Å². The van der Waals surface area contributed by atoms with Crippen LogP contribution in [-0.4, -0.2) is 48.0 Å². The zero-order valence-corrected chi connectivity index (χ0v) is 16.9. The number of ether oxygens (including phenoxy) is 2. The maximum Gasteiger partial charge on any atom is 0.166 e. The van der Waals surface area contributed by atoms with Gasteiger partial charge in [-0.15, -0.1) is 0 Å². The quantitative estimate of drug-likeness (QED) is 0.514. The van der Waals surface area contributed by atoms with Crippen LogP contribution in [0.15, 0.2) is 67.3 Å². The van der Waals surface area contributed by atoms with Crippen LogP contribution in [0.1, 0.15) is 18.7 Å². The van der Waals surface area contributed by atoms with E-state index in [0.29, 0.717) is 23.5 Å². The predicted octanol–water partition coefficient (Wildman–Crippen LogP) is 2.71. The number of fused-ring (bicyclic) bond motifs is 1. The van der Waals surface area contributed by atoms with Gasteiger partial charge in [0.15, 0.2) is 11.9 Å². The zero-order chi connectivity index (χ0) is 21.4. The van der Waals surface area contributed by atoms with Crippen molar-refractivity contribution in [2.45, 2.75) is 38.1 Å². The largest absolute Gasteiger partial charge is 0.489 e. The Balaban J connectivity index is 1.45. The van der Waals surface area contributed by atoms with Crippen molar-refractivity contribution in [1.82, 2.24) is 19.5 Å². The number of benzene rings is 2. The van der Waals surface area contributed by atoms with Crippen molar-refractivity contribution < 1.29 is 19.7 Å². The fourth-order valence-electron chi connectivity index (χ4n) is 3.78. The van der Waals surface area contributed by atoms with E-state index in [0.717, 1.165) is 16.9 Å². The van der Waals surface area contributed by atoms with Gasteiger partial charge < -0.3 is 19.7 Å². The minimum Gasteiger partial charge on any atom is -0.489 e. The Bertz CT molecular complexity index is 1200. The molecule has 2 aromatic heterocycles. The van der Waals surface area contributed by atoms with Crippen molar-refractivity contribution in [3.8, 4) is 17.0 Å². The Morgan fingerprint density at radius 3 is 2.61 bits per heavy atom. The minimum atomic E-state index is -1.07. The van der Waals surface area contributed by atoms with Gasteiger partial charge in [0.25, 0.3) is 0 Å². The van der Waals surface area contributed by atoms with E-state index in [2.05, 4.69) is 15.0 Å². The van der Waals surface area contributed by atoms with Gasteiger partial charge in [-0.1, -0.05) is 42.5 Å². The predicted molar refractivity (Wildman–Crippen MR) is 113 cm³/mol. The first-order valence-corrected chi connectivity index (χ1v) is 10.1. The van der Waals surface area contributed by atoms with E-state index < -0.39 is 24.5 Å². The van der Waals surface area contributed by atoms with Crippen LogP contribution in [0.4, 0.5) is 0 Å². The molecule has 0 radical (unpaired) electrons. The smallest absolute Gasteiger partial charge is 0.166 e. The van der Waals surface area contributed by atoms with E-state index in [9.17, 15) is 10.2 Å². The highest BCUT2D eigenvalue weighted by molar-refractivity contribution is 5.87. The molecule has 1 fully saturated rings. The van der Waals surface area contributed by atoms with Crippen molar-refractivity contribution in [2.24, 2.45) is 0 Å². The molecule has 0 saturated carbocycles. The molecular formula is C23H22N4O4. The molecule has 0 unspecified atom stereocenters. The highest BCUT2D eigenvalue weighted by Crippen LogP contribution is 2.33. The molecule has 4 atom stereocenters. The Labute approximate surface area is 178 Å². The molecule has 4 aromatic rings. The molecule has 1 aliphatic rings. The molecule has 0 spiro atoms. The molecule has 2 N–H and O–H groups in total. The Hall–Kier alpha value is -3.33. The summed E-state index contributed by atoms with van der Waals surface area (Å²) >= 11 is 0. The maximum atomic E-state index is 10.4. The molecule has 0 aliphatic carbocycles. The van der Waals surface area contributed by atoms with Crippen molar-refractivity contribution in [1.29, 1.82) is 0 Å². The Morgan fingerprint density at radius 1 is 1.00 bits per heavy atom. The molecule has 31 heavy (non-hydrogen) atoms. The average molecular weight is 418 g/mol. The third-order valence-corrected chi connectivity index (χ3v) is 5.47. The fourth-order valence-corrected chi connectivity index (χ4v) is 3.78. The first-order valence-electron chi connectivity index (χ1n) is 10.1. The SMILES string of the molecule is C[C@H]1O[C@@H](n2cnc3c(-c4cccc(OCc5ccccc5)c4)ncnc32)[C@H](O)[C@@H]1O. The van der Waals surface area contributed by atoms with Gasteiger partial charge in [-0.25, -0.2) is 15.0 Å². The summed E-state index contributed by atoms with van der Waals surface area (Å²) < 4.78 is 13.3. The molecule has 3 heterocycles. The molecule has 1 saturated heterocycles. The van der Waals surface area contributed by atoms with Gasteiger partial charge in [0.2, 0.25) is 0 Å². The van der Waals surface area contributed by atoms with Crippen LogP contribution in [0.3, 0.4) is 0 Å². The van der Waals surface area contributed by atoms with Crippen molar-refractivity contribution >= 4 is 11.2 Å². The summed E-state index contributed by atoms with van der Waals surface area (Å²) in [5, 5.41) is 20.4. The lowest BCUT2D eigenvalue weighted by Crippen LogP contribution is -2.30. The van der Waals surface area contributed by atoms with Crippen LogP contribution in [0.25, 0.3) is 22.4 Å². The van der Waals surface area contributed by atoms with E-state index >= 15 is 0 Å². The summed E-state index contributed by atoms with van der Waals surface area (Å²) in [5.74, 6) is 0.721. The van der Waals surface area contributed by atoms with Gasteiger partial charge in [-0.3, -0.25) is 4.57 Å². The second-order valence-corrected chi connectivity index (χ2v) is 7.56. The monoisotopic (exact) mass is 418 g/mol. The first-order chi connectivity index (χ1) is 15.1. The highest BCUT2D eigenvalue weighted by atomic mass is 16.6. The lowest BCUT2D eigenvalue weighted by molar-refractivity contribution is -0.0299. The normalized spacial score (nSPS) is 23.3. The minimum absolute atomic E-state index is 0.468. The lowest BCUT2D eigenvalue weighted by Gasteiger charge is -2.16.